The van der Waals surface area contributed by atoms with Gasteiger partial charge >= 0.3 is 0 Å². The highest BCUT2D eigenvalue weighted by atomic mass is 16.2. The van der Waals surface area contributed by atoms with Crippen molar-refractivity contribution in [2.75, 3.05) is 13.6 Å². The molecule has 0 aromatic heterocycles. The van der Waals surface area contributed by atoms with Gasteiger partial charge in [0, 0.05) is 6.04 Å². The molecule has 0 fully saturated rings. The number of carbonyl (C=O) groups excluding carboxylic acids is 1. The maximum absolute atomic E-state index is 10.8. The minimum atomic E-state index is -0.146. The average molecular weight is 159 g/mol. The lowest BCUT2D eigenvalue weighted by Gasteiger charge is -2.21. The molecule has 0 heterocycles. The van der Waals surface area contributed by atoms with Crippen molar-refractivity contribution in [1.82, 2.24) is 10.3 Å². The van der Waals surface area contributed by atoms with Gasteiger partial charge in [-0.05, 0) is 20.4 Å². The largest absolute Gasteiger partial charge is 0.295 e. The molecule has 0 aliphatic heterocycles. The fourth-order valence-corrected chi connectivity index (χ4v) is 0.740. The molecule has 4 heteroatoms. The van der Waals surface area contributed by atoms with Crippen LogP contribution in [0, 0.1) is 0 Å². The third-order valence-electron chi connectivity index (χ3n) is 1.90. The van der Waals surface area contributed by atoms with Crippen LogP contribution in [-0.4, -0.2) is 30.4 Å². The second-order valence-electron chi connectivity index (χ2n) is 2.74. The summed E-state index contributed by atoms with van der Waals surface area (Å²) in [4.78, 5) is 12.7. The van der Waals surface area contributed by atoms with Crippen molar-refractivity contribution in [1.29, 1.82) is 0 Å². The third kappa shape index (κ3) is 3.95. The molecule has 0 aromatic rings. The standard InChI is InChI=1S/C7H17N3O/c1-4-6(2)10(3)5-7(11)9-8/h6H,4-5,8H2,1-3H3,(H,9,11). The summed E-state index contributed by atoms with van der Waals surface area (Å²) in [5, 5.41) is 0. The summed E-state index contributed by atoms with van der Waals surface area (Å²) in [6.07, 6.45) is 1.04. The molecule has 0 saturated carbocycles. The fraction of sp³-hybridized carbons (Fsp3) is 0.857. The molecule has 0 radical (unpaired) electrons. The Morgan fingerprint density at radius 3 is 2.64 bits per heavy atom. The number of nitrogens with two attached hydrogens (primary N) is 1. The second-order valence-corrected chi connectivity index (χ2v) is 2.74. The van der Waals surface area contributed by atoms with E-state index in [9.17, 15) is 4.79 Å². The number of amides is 1. The summed E-state index contributed by atoms with van der Waals surface area (Å²) < 4.78 is 0. The summed E-state index contributed by atoms with van der Waals surface area (Å²) in [5.74, 6) is 4.79. The number of carbonyl (C=O) groups is 1. The molecule has 3 N–H and O–H groups in total. The summed E-state index contributed by atoms with van der Waals surface area (Å²) in [6, 6.07) is 0.423. The molecule has 1 amide bonds. The quantitative estimate of drug-likeness (QED) is 0.336. The zero-order valence-corrected chi connectivity index (χ0v) is 7.42. The number of hydrogen-bond donors (Lipinski definition) is 2. The smallest absolute Gasteiger partial charge is 0.248 e. The fourth-order valence-electron chi connectivity index (χ4n) is 0.740. The van der Waals surface area contributed by atoms with Gasteiger partial charge in [-0.25, -0.2) is 5.84 Å². The highest BCUT2D eigenvalue weighted by Crippen LogP contribution is 1.98. The molecule has 11 heavy (non-hydrogen) atoms. The first-order valence-corrected chi connectivity index (χ1v) is 3.81. The number of nitrogens with zero attached hydrogens (tertiary/aromatic N) is 1. The van der Waals surface area contributed by atoms with Gasteiger partial charge in [0.15, 0.2) is 0 Å². The molecule has 0 aliphatic rings. The van der Waals surface area contributed by atoms with Gasteiger partial charge in [0.2, 0.25) is 5.91 Å². The Labute approximate surface area is 67.7 Å². The van der Waals surface area contributed by atoms with Crippen molar-refractivity contribution in [3.05, 3.63) is 0 Å². The van der Waals surface area contributed by atoms with Crippen LogP contribution in [0.4, 0.5) is 0 Å². The first kappa shape index (κ1) is 10.4. The lowest BCUT2D eigenvalue weighted by atomic mass is 10.2. The molecular formula is C7H17N3O. The van der Waals surface area contributed by atoms with Gasteiger partial charge in [-0.15, -0.1) is 0 Å². The van der Waals surface area contributed by atoms with Gasteiger partial charge in [-0.1, -0.05) is 6.92 Å². The van der Waals surface area contributed by atoms with Crippen molar-refractivity contribution in [2.45, 2.75) is 26.3 Å². The van der Waals surface area contributed by atoms with Gasteiger partial charge in [-0.2, -0.15) is 0 Å². The molecule has 1 atom stereocenters. The van der Waals surface area contributed by atoms with Crippen LogP contribution < -0.4 is 11.3 Å². The molecule has 0 aromatic carbocycles. The number of likely N-dealkylation sites (N-methyl/N-ethyl adjacent to an activating group) is 1. The molecule has 0 spiro atoms. The molecule has 0 rings (SSSR count). The van der Waals surface area contributed by atoms with Crippen LogP contribution in [0.5, 0.6) is 0 Å². The van der Waals surface area contributed by atoms with E-state index in [1.807, 2.05) is 11.9 Å². The van der Waals surface area contributed by atoms with Crippen molar-refractivity contribution in [3.8, 4) is 0 Å². The lowest BCUT2D eigenvalue weighted by Crippen LogP contribution is -2.41. The summed E-state index contributed by atoms with van der Waals surface area (Å²) in [7, 11) is 1.91. The molecule has 4 nitrogen and oxygen atoms in total. The van der Waals surface area contributed by atoms with Crippen LogP contribution in [0.15, 0.2) is 0 Å². The Balaban J connectivity index is 3.67. The van der Waals surface area contributed by atoms with E-state index in [-0.39, 0.29) is 5.91 Å². The van der Waals surface area contributed by atoms with E-state index in [1.165, 1.54) is 0 Å². The highest BCUT2D eigenvalue weighted by molar-refractivity contribution is 5.77. The van der Waals surface area contributed by atoms with E-state index in [0.717, 1.165) is 6.42 Å². The number of hydrogen-bond acceptors (Lipinski definition) is 3. The summed E-state index contributed by atoms with van der Waals surface area (Å²) >= 11 is 0. The minimum absolute atomic E-state index is 0.146. The summed E-state index contributed by atoms with van der Waals surface area (Å²) in [6.45, 7) is 4.52. The van der Waals surface area contributed by atoms with Gasteiger partial charge in [0.1, 0.15) is 0 Å². The van der Waals surface area contributed by atoms with Crippen molar-refractivity contribution >= 4 is 5.91 Å². The van der Waals surface area contributed by atoms with Crippen LogP contribution in [0.1, 0.15) is 20.3 Å². The molecule has 66 valence electrons. The molecule has 0 aliphatic carbocycles. The van der Waals surface area contributed by atoms with Gasteiger partial charge in [0.25, 0.3) is 0 Å². The summed E-state index contributed by atoms with van der Waals surface area (Å²) in [5.41, 5.74) is 2.09. The van der Waals surface area contributed by atoms with Crippen LogP contribution in [0.25, 0.3) is 0 Å². The molecule has 0 bridgehead atoms. The Kier molecular flexibility index (Phi) is 4.81. The zero-order valence-electron chi connectivity index (χ0n) is 7.42. The molecule has 0 saturated heterocycles. The highest BCUT2D eigenvalue weighted by Gasteiger charge is 2.09. The number of nitrogens with one attached hydrogen (secondary N) is 1. The Morgan fingerprint density at radius 1 is 1.73 bits per heavy atom. The molecule has 1 unspecified atom stereocenters. The second kappa shape index (κ2) is 5.09. The number of rotatable bonds is 4. The molecular weight excluding hydrogens is 142 g/mol. The van der Waals surface area contributed by atoms with Crippen molar-refractivity contribution in [3.63, 3.8) is 0 Å². The predicted octanol–water partition coefficient (Wildman–Crippen LogP) is -0.293. The first-order chi connectivity index (χ1) is 5.11. The van der Waals surface area contributed by atoms with Gasteiger partial charge in [0.05, 0.1) is 6.54 Å². The Hall–Kier alpha value is -0.610. The van der Waals surface area contributed by atoms with Crippen molar-refractivity contribution < 1.29 is 4.79 Å². The lowest BCUT2D eigenvalue weighted by molar-refractivity contribution is -0.122. The van der Waals surface area contributed by atoms with E-state index >= 15 is 0 Å². The Bertz CT molecular complexity index is 127. The SMILES string of the molecule is CCC(C)N(C)CC(=O)NN. The zero-order chi connectivity index (χ0) is 8.85. The maximum atomic E-state index is 10.8. The topological polar surface area (TPSA) is 58.4 Å². The van der Waals surface area contributed by atoms with Crippen LogP contribution >= 0.6 is 0 Å². The normalized spacial score (nSPS) is 13.2. The average Bonchev–Trinajstić information content (AvgIpc) is 2.02. The van der Waals surface area contributed by atoms with Crippen LogP contribution in [0.2, 0.25) is 0 Å². The monoisotopic (exact) mass is 159 g/mol. The third-order valence-corrected chi connectivity index (χ3v) is 1.90. The van der Waals surface area contributed by atoms with E-state index in [0.29, 0.717) is 12.6 Å². The van der Waals surface area contributed by atoms with Crippen molar-refractivity contribution in [2.24, 2.45) is 5.84 Å². The number of hydrazine groups is 1. The van der Waals surface area contributed by atoms with E-state index in [1.54, 1.807) is 0 Å². The van der Waals surface area contributed by atoms with E-state index in [4.69, 9.17) is 5.84 Å². The Morgan fingerprint density at radius 2 is 2.27 bits per heavy atom. The van der Waals surface area contributed by atoms with Crippen LogP contribution in [-0.2, 0) is 4.79 Å². The first-order valence-electron chi connectivity index (χ1n) is 3.81. The maximum Gasteiger partial charge on any atom is 0.248 e. The predicted molar refractivity (Wildman–Crippen MR) is 44.7 cm³/mol. The van der Waals surface area contributed by atoms with Gasteiger partial charge in [-0.3, -0.25) is 15.1 Å². The van der Waals surface area contributed by atoms with Gasteiger partial charge < -0.3 is 0 Å². The van der Waals surface area contributed by atoms with E-state index < -0.39 is 0 Å². The minimum Gasteiger partial charge on any atom is -0.295 e. The van der Waals surface area contributed by atoms with E-state index in [2.05, 4.69) is 19.3 Å². The van der Waals surface area contributed by atoms with Crippen LogP contribution in [0.3, 0.4) is 0 Å².